The molecule has 1 atom stereocenters. The standard InChI is InChI=1S/C22H27N3O7S/c1-4-31-17-10-8-15(9-11-17)21(27)25-20(14(2)3)22(28)32-13-19(26)24-16-6-5-7-18(12-16)33(23,29)30/h5-12,14,20H,4,13H2,1-3H3,(H,24,26)(H,25,27)(H2,23,29,30). The van der Waals surface area contributed by atoms with Crippen molar-refractivity contribution in [2.24, 2.45) is 11.1 Å². The summed E-state index contributed by atoms with van der Waals surface area (Å²) in [5.41, 5.74) is 0.510. The lowest BCUT2D eigenvalue weighted by Crippen LogP contribution is -2.45. The summed E-state index contributed by atoms with van der Waals surface area (Å²) in [4.78, 5) is 37.0. The lowest BCUT2D eigenvalue weighted by Gasteiger charge is -2.21. The van der Waals surface area contributed by atoms with E-state index in [0.29, 0.717) is 17.9 Å². The molecule has 1 unspecified atom stereocenters. The molecule has 2 aromatic rings. The van der Waals surface area contributed by atoms with E-state index in [1.807, 2.05) is 6.92 Å². The molecule has 0 heterocycles. The van der Waals surface area contributed by atoms with Crippen LogP contribution < -0.4 is 20.5 Å². The number of nitrogens with two attached hydrogens (primary N) is 1. The van der Waals surface area contributed by atoms with Gasteiger partial charge in [0.1, 0.15) is 11.8 Å². The number of carbonyl (C=O) groups excluding carboxylic acids is 3. The molecule has 0 aliphatic carbocycles. The fourth-order valence-corrected chi connectivity index (χ4v) is 3.33. The zero-order valence-corrected chi connectivity index (χ0v) is 19.3. The van der Waals surface area contributed by atoms with Crippen molar-refractivity contribution in [3.8, 4) is 5.75 Å². The topological polar surface area (TPSA) is 154 Å². The maximum Gasteiger partial charge on any atom is 0.329 e. The highest BCUT2D eigenvalue weighted by Gasteiger charge is 2.27. The Morgan fingerprint density at radius 1 is 1.06 bits per heavy atom. The van der Waals surface area contributed by atoms with Crippen LogP contribution in [-0.2, 0) is 24.3 Å². The first kappa shape index (κ1) is 25.8. The predicted octanol–water partition coefficient (Wildman–Crippen LogP) is 1.67. The zero-order chi connectivity index (χ0) is 24.6. The molecule has 33 heavy (non-hydrogen) atoms. The fraction of sp³-hybridized carbons (Fsp3) is 0.318. The molecule has 4 N–H and O–H groups in total. The molecule has 2 aromatic carbocycles. The summed E-state index contributed by atoms with van der Waals surface area (Å²) >= 11 is 0. The van der Waals surface area contributed by atoms with Crippen LogP contribution >= 0.6 is 0 Å². The van der Waals surface area contributed by atoms with Gasteiger partial charge in [-0.3, -0.25) is 9.59 Å². The Morgan fingerprint density at radius 3 is 2.30 bits per heavy atom. The number of carbonyl (C=O) groups is 3. The van der Waals surface area contributed by atoms with Crippen LogP contribution in [0, 0.1) is 5.92 Å². The maximum absolute atomic E-state index is 12.5. The van der Waals surface area contributed by atoms with Gasteiger partial charge in [-0.25, -0.2) is 18.4 Å². The molecule has 11 heteroatoms. The van der Waals surface area contributed by atoms with Crippen LogP contribution in [0.4, 0.5) is 5.69 Å². The molecule has 0 aliphatic heterocycles. The van der Waals surface area contributed by atoms with Crippen LogP contribution in [0.1, 0.15) is 31.1 Å². The fourth-order valence-electron chi connectivity index (χ4n) is 2.77. The SMILES string of the molecule is CCOc1ccc(C(=O)NC(C(=O)OCC(=O)Nc2cccc(S(N)(=O)=O)c2)C(C)C)cc1. The third-order valence-electron chi connectivity index (χ3n) is 4.43. The van der Waals surface area contributed by atoms with Crippen molar-refractivity contribution in [2.45, 2.75) is 31.7 Å². The van der Waals surface area contributed by atoms with Crippen molar-refractivity contribution in [3.05, 3.63) is 54.1 Å². The number of anilines is 1. The molecule has 0 fully saturated rings. The average Bonchev–Trinajstić information content (AvgIpc) is 2.76. The highest BCUT2D eigenvalue weighted by Crippen LogP contribution is 2.15. The van der Waals surface area contributed by atoms with Gasteiger partial charge in [-0.1, -0.05) is 19.9 Å². The van der Waals surface area contributed by atoms with Gasteiger partial charge in [0, 0.05) is 11.3 Å². The van der Waals surface area contributed by atoms with E-state index in [4.69, 9.17) is 14.6 Å². The third-order valence-corrected chi connectivity index (χ3v) is 5.34. The van der Waals surface area contributed by atoms with Crippen LogP contribution in [0.25, 0.3) is 0 Å². The van der Waals surface area contributed by atoms with Crippen molar-refractivity contribution in [1.29, 1.82) is 0 Å². The second kappa shape index (κ2) is 11.4. The number of hydrogen-bond acceptors (Lipinski definition) is 7. The minimum atomic E-state index is -3.93. The Kier molecular flexibility index (Phi) is 8.94. The molecule has 0 spiro atoms. The van der Waals surface area contributed by atoms with E-state index in [1.54, 1.807) is 38.1 Å². The molecule has 2 amide bonds. The van der Waals surface area contributed by atoms with Crippen molar-refractivity contribution in [3.63, 3.8) is 0 Å². The summed E-state index contributed by atoms with van der Waals surface area (Å²) in [6.45, 7) is 5.17. The van der Waals surface area contributed by atoms with Gasteiger partial charge in [-0.05, 0) is 55.3 Å². The summed E-state index contributed by atoms with van der Waals surface area (Å²) in [5.74, 6) is -1.63. The van der Waals surface area contributed by atoms with E-state index < -0.39 is 40.5 Å². The van der Waals surface area contributed by atoms with Crippen LogP contribution in [0.5, 0.6) is 5.75 Å². The lowest BCUT2D eigenvalue weighted by molar-refractivity contribution is -0.150. The number of nitrogens with one attached hydrogen (secondary N) is 2. The Labute approximate surface area is 192 Å². The van der Waals surface area contributed by atoms with Crippen LogP contribution in [0.15, 0.2) is 53.4 Å². The Morgan fingerprint density at radius 2 is 1.73 bits per heavy atom. The van der Waals surface area contributed by atoms with Crippen LogP contribution in [0.3, 0.4) is 0 Å². The molecule has 0 aliphatic rings. The minimum absolute atomic E-state index is 0.172. The summed E-state index contributed by atoms with van der Waals surface area (Å²) in [6, 6.07) is 10.8. The largest absolute Gasteiger partial charge is 0.494 e. The van der Waals surface area contributed by atoms with Crippen molar-refractivity contribution < 1.29 is 32.3 Å². The first-order valence-corrected chi connectivity index (χ1v) is 11.7. The second-order valence-electron chi connectivity index (χ2n) is 7.38. The molecular formula is C22H27N3O7S. The molecule has 178 valence electrons. The number of esters is 1. The number of amides is 2. The van der Waals surface area contributed by atoms with Gasteiger partial charge in [-0.15, -0.1) is 0 Å². The van der Waals surface area contributed by atoms with Crippen LogP contribution in [-0.4, -0.2) is 45.5 Å². The first-order valence-electron chi connectivity index (χ1n) is 10.1. The van der Waals surface area contributed by atoms with E-state index >= 15 is 0 Å². The summed E-state index contributed by atoms with van der Waals surface area (Å²) < 4.78 is 33.2. The molecule has 0 radical (unpaired) electrons. The number of primary sulfonamides is 1. The zero-order valence-electron chi connectivity index (χ0n) is 18.5. The summed E-state index contributed by atoms with van der Waals surface area (Å²) in [6.07, 6.45) is 0. The van der Waals surface area contributed by atoms with E-state index in [1.165, 1.54) is 24.3 Å². The molecular weight excluding hydrogens is 450 g/mol. The first-order chi connectivity index (χ1) is 15.5. The van der Waals surface area contributed by atoms with Gasteiger partial charge in [-0.2, -0.15) is 0 Å². The third kappa shape index (κ3) is 7.88. The Balaban J connectivity index is 1.95. The van der Waals surface area contributed by atoms with Gasteiger partial charge in [0.05, 0.1) is 11.5 Å². The maximum atomic E-state index is 12.5. The molecule has 0 saturated carbocycles. The minimum Gasteiger partial charge on any atom is -0.494 e. The lowest BCUT2D eigenvalue weighted by atomic mass is 10.0. The number of sulfonamides is 1. The van der Waals surface area contributed by atoms with E-state index in [2.05, 4.69) is 10.6 Å². The van der Waals surface area contributed by atoms with Gasteiger partial charge >= 0.3 is 5.97 Å². The predicted molar refractivity (Wildman–Crippen MR) is 121 cm³/mol. The molecule has 0 bridgehead atoms. The second-order valence-corrected chi connectivity index (χ2v) is 8.94. The Bertz CT molecular complexity index is 1100. The Hall–Kier alpha value is -3.44. The number of ether oxygens (including phenoxy) is 2. The normalized spacial score (nSPS) is 12.0. The monoisotopic (exact) mass is 477 g/mol. The average molecular weight is 478 g/mol. The quantitative estimate of drug-likeness (QED) is 0.440. The van der Waals surface area contributed by atoms with Gasteiger partial charge in [0.2, 0.25) is 10.0 Å². The van der Waals surface area contributed by atoms with E-state index in [9.17, 15) is 22.8 Å². The van der Waals surface area contributed by atoms with Gasteiger partial charge < -0.3 is 20.1 Å². The summed E-state index contributed by atoms with van der Waals surface area (Å²) in [5, 5.41) is 10.1. The van der Waals surface area contributed by atoms with Crippen molar-refractivity contribution in [2.75, 3.05) is 18.5 Å². The molecule has 0 aromatic heterocycles. The van der Waals surface area contributed by atoms with Gasteiger partial charge in [0.15, 0.2) is 6.61 Å². The smallest absolute Gasteiger partial charge is 0.329 e. The molecule has 10 nitrogen and oxygen atoms in total. The van der Waals surface area contributed by atoms with Crippen LogP contribution in [0.2, 0.25) is 0 Å². The van der Waals surface area contributed by atoms with E-state index in [0.717, 1.165) is 0 Å². The van der Waals surface area contributed by atoms with E-state index in [-0.39, 0.29) is 16.5 Å². The molecule has 0 saturated heterocycles. The highest BCUT2D eigenvalue weighted by atomic mass is 32.2. The summed E-state index contributed by atoms with van der Waals surface area (Å²) in [7, 11) is -3.93. The van der Waals surface area contributed by atoms with Gasteiger partial charge in [0.25, 0.3) is 11.8 Å². The van der Waals surface area contributed by atoms with Crippen molar-refractivity contribution in [1.82, 2.24) is 5.32 Å². The number of rotatable bonds is 10. The highest BCUT2D eigenvalue weighted by molar-refractivity contribution is 7.89. The number of benzene rings is 2. The molecule has 2 rings (SSSR count). The van der Waals surface area contributed by atoms with Crippen molar-refractivity contribution >= 4 is 33.5 Å². The number of hydrogen-bond donors (Lipinski definition) is 3.